The Labute approximate surface area is 185 Å². The zero-order chi connectivity index (χ0) is 22.6. The van der Waals surface area contributed by atoms with Crippen LogP contribution in [-0.4, -0.2) is 36.7 Å². The molecule has 6 nitrogen and oxygen atoms in total. The van der Waals surface area contributed by atoms with Gasteiger partial charge in [-0.05, 0) is 42.8 Å². The lowest BCUT2D eigenvalue weighted by Gasteiger charge is -2.18. The highest BCUT2D eigenvalue weighted by atomic mass is 32.2. The molecular weight excluding hydrogens is 437 g/mol. The molecule has 0 saturated heterocycles. The molecular formula is C22H24FN3O3S2. The quantitative estimate of drug-likeness (QED) is 0.537. The van der Waals surface area contributed by atoms with Crippen LogP contribution in [0.2, 0.25) is 0 Å². The van der Waals surface area contributed by atoms with E-state index in [9.17, 15) is 17.6 Å². The molecule has 0 aliphatic rings. The normalized spacial score (nSPS) is 11.6. The summed E-state index contributed by atoms with van der Waals surface area (Å²) in [6.45, 7) is 6.09. The van der Waals surface area contributed by atoms with Crippen molar-refractivity contribution in [3.8, 4) is 0 Å². The van der Waals surface area contributed by atoms with Gasteiger partial charge in [0.05, 0.1) is 10.6 Å². The Bertz CT molecular complexity index is 1170. The molecule has 0 radical (unpaired) electrons. The fourth-order valence-electron chi connectivity index (χ4n) is 3.11. The molecule has 31 heavy (non-hydrogen) atoms. The number of thiazole rings is 1. The standard InChI is InChI=1S/C22H24FN3O3S2/c1-4-26(5-2)31(28,29)19-8-6-7-17(14-19)21(27)25-22-24-15(3)20(30-22)13-16-9-11-18(23)12-10-16/h6-12,14H,4-5,13H2,1-3H3,(H,24,25,27). The summed E-state index contributed by atoms with van der Waals surface area (Å²) in [6, 6.07) is 12.2. The molecule has 3 aromatic rings. The summed E-state index contributed by atoms with van der Waals surface area (Å²) in [5, 5.41) is 3.18. The highest BCUT2D eigenvalue weighted by molar-refractivity contribution is 7.89. The molecule has 2 aromatic carbocycles. The van der Waals surface area contributed by atoms with E-state index in [2.05, 4.69) is 10.3 Å². The largest absolute Gasteiger partial charge is 0.298 e. The van der Waals surface area contributed by atoms with Crippen molar-refractivity contribution in [2.45, 2.75) is 32.1 Å². The number of sulfonamides is 1. The van der Waals surface area contributed by atoms with Crippen LogP contribution in [0.4, 0.5) is 9.52 Å². The number of halogens is 1. The average molecular weight is 462 g/mol. The number of nitrogens with one attached hydrogen (secondary N) is 1. The van der Waals surface area contributed by atoms with Crippen LogP contribution >= 0.6 is 11.3 Å². The highest BCUT2D eigenvalue weighted by Gasteiger charge is 2.23. The van der Waals surface area contributed by atoms with Gasteiger partial charge in [0, 0.05) is 30.0 Å². The molecule has 1 aromatic heterocycles. The van der Waals surface area contributed by atoms with E-state index in [-0.39, 0.29) is 16.3 Å². The van der Waals surface area contributed by atoms with Gasteiger partial charge in [0.15, 0.2) is 5.13 Å². The van der Waals surface area contributed by atoms with Crippen LogP contribution in [-0.2, 0) is 16.4 Å². The average Bonchev–Trinajstić information content (AvgIpc) is 3.09. The zero-order valence-electron chi connectivity index (χ0n) is 17.6. The second-order valence-corrected chi connectivity index (χ2v) is 9.92. The summed E-state index contributed by atoms with van der Waals surface area (Å²) in [5.41, 5.74) is 1.96. The number of rotatable bonds is 8. The molecule has 1 heterocycles. The fraction of sp³-hybridized carbons (Fsp3) is 0.273. The Morgan fingerprint density at radius 3 is 2.45 bits per heavy atom. The van der Waals surface area contributed by atoms with E-state index >= 15 is 0 Å². The van der Waals surface area contributed by atoms with Crippen molar-refractivity contribution in [3.05, 3.63) is 76.0 Å². The van der Waals surface area contributed by atoms with Crippen molar-refractivity contribution in [2.24, 2.45) is 0 Å². The van der Waals surface area contributed by atoms with Gasteiger partial charge >= 0.3 is 0 Å². The van der Waals surface area contributed by atoms with Gasteiger partial charge in [0.1, 0.15) is 5.82 Å². The van der Waals surface area contributed by atoms with E-state index in [0.717, 1.165) is 16.1 Å². The summed E-state index contributed by atoms with van der Waals surface area (Å²) in [5.74, 6) is -0.721. The smallest absolute Gasteiger partial charge is 0.257 e. The molecule has 0 aliphatic carbocycles. The van der Waals surface area contributed by atoms with E-state index in [1.807, 2.05) is 6.92 Å². The molecule has 0 unspecified atom stereocenters. The second kappa shape index (κ2) is 9.67. The first-order valence-corrected chi connectivity index (χ1v) is 12.1. The third kappa shape index (κ3) is 5.36. The first kappa shape index (κ1) is 23.1. The number of hydrogen-bond donors (Lipinski definition) is 1. The summed E-state index contributed by atoms with van der Waals surface area (Å²) >= 11 is 1.34. The van der Waals surface area contributed by atoms with E-state index in [1.54, 1.807) is 38.1 Å². The van der Waals surface area contributed by atoms with Crippen LogP contribution in [0.25, 0.3) is 0 Å². The Morgan fingerprint density at radius 2 is 1.81 bits per heavy atom. The summed E-state index contributed by atoms with van der Waals surface area (Å²) in [6.07, 6.45) is 0.581. The fourth-order valence-corrected chi connectivity index (χ4v) is 5.61. The van der Waals surface area contributed by atoms with Crippen LogP contribution in [0, 0.1) is 12.7 Å². The Balaban J connectivity index is 1.77. The van der Waals surface area contributed by atoms with Crippen molar-refractivity contribution in [1.82, 2.24) is 9.29 Å². The molecule has 1 amide bonds. The van der Waals surface area contributed by atoms with Crippen LogP contribution < -0.4 is 5.32 Å². The van der Waals surface area contributed by atoms with Gasteiger partial charge in [0.2, 0.25) is 10.0 Å². The number of benzene rings is 2. The molecule has 3 rings (SSSR count). The Hall–Kier alpha value is -2.62. The Morgan fingerprint density at radius 1 is 1.13 bits per heavy atom. The number of anilines is 1. The van der Waals surface area contributed by atoms with E-state index in [0.29, 0.717) is 24.6 Å². The van der Waals surface area contributed by atoms with Gasteiger partial charge in [0.25, 0.3) is 5.91 Å². The van der Waals surface area contributed by atoms with Crippen molar-refractivity contribution < 1.29 is 17.6 Å². The molecule has 9 heteroatoms. The number of aromatic nitrogens is 1. The third-order valence-corrected chi connectivity index (χ3v) is 7.95. The first-order valence-electron chi connectivity index (χ1n) is 9.87. The lowest BCUT2D eigenvalue weighted by Crippen LogP contribution is -2.30. The van der Waals surface area contributed by atoms with Crippen LogP contribution in [0.15, 0.2) is 53.4 Å². The monoisotopic (exact) mass is 461 g/mol. The summed E-state index contributed by atoms with van der Waals surface area (Å²) in [4.78, 5) is 18.2. The maximum atomic E-state index is 13.1. The van der Waals surface area contributed by atoms with Crippen molar-refractivity contribution in [2.75, 3.05) is 18.4 Å². The molecule has 0 atom stereocenters. The molecule has 0 spiro atoms. The first-order chi connectivity index (χ1) is 14.7. The lowest BCUT2D eigenvalue weighted by molar-refractivity contribution is 0.102. The predicted molar refractivity (Wildman–Crippen MR) is 121 cm³/mol. The van der Waals surface area contributed by atoms with Crippen LogP contribution in [0.5, 0.6) is 0 Å². The summed E-state index contributed by atoms with van der Waals surface area (Å²) in [7, 11) is -3.66. The highest BCUT2D eigenvalue weighted by Crippen LogP contribution is 2.26. The van der Waals surface area contributed by atoms with E-state index < -0.39 is 15.9 Å². The van der Waals surface area contributed by atoms with Crippen molar-refractivity contribution >= 4 is 32.4 Å². The van der Waals surface area contributed by atoms with Crippen molar-refractivity contribution in [1.29, 1.82) is 0 Å². The number of aryl methyl sites for hydroxylation is 1. The Kier molecular flexibility index (Phi) is 7.19. The minimum atomic E-state index is -3.66. The predicted octanol–water partition coefficient (Wildman–Crippen LogP) is 4.46. The maximum Gasteiger partial charge on any atom is 0.257 e. The van der Waals surface area contributed by atoms with E-state index in [4.69, 9.17) is 0 Å². The number of carbonyl (C=O) groups excluding carboxylic acids is 1. The number of carbonyl (C=O) groups is 1. The van der Waals surface area contributed by atoms with Gasteiger partial charge in [-0.2, -0.15) is 4.31 Å². The van der Waals surface area contributed by atoms with Gasteiger partial charge in [-0.1, -0.05) is 32.0 Å². The van der Waals surface area contributed by atoms with Gasteiger partial charge in [-0.25, -0.2) is 17.8 Å². The molecule has 1 N–H and O–H groups in total. The molecule has 0 fully saturated rings. The minimum Gasteiger partial charge on any atom is -0.298 e. The number of amides is 1. The molecule has 0 bridgehead atoms. The number of hydrogen-bond acceptors (Lipinski definition) is 5. The van der Waals surface area contributed by atoms with Crippen molar-refractivity contribution in [3.63, 3.8) is 0 Å². The minimum absolute atomic E-state index is 0.0798. The molecule has 164 valence electrons. The molecule has 0 saturated carbocycles. The number of nitrogens with zero attached hydrogens (tertiary/aromatic N) is 2. The van der Waals surface area contributed by atoms with Crippen LogP contribution in [0.1, 0.15) is 40.3 Å². The van der Waals surface area contributed by atoms with Crippen LogP contribution in [0.3, 0.4) is 0 Å². The zero-order valence-corrected chi connectivity index (χ0v) is 19.2. The van der Waals surface area contributed by atoms with Gasteiger partial charge < -0.3 is 0 Å². The lowest BCUT2D eigenvalue weighted by atomic mass is 10.1. The molecule has 0 aliphatic heterocycles. The second-order valence-electron chi connectivity index (χ2n) is 6.90. The SMILES string of the molecule is CCN(CC)S(=O)(=O)c1cccc(C(=O)Nc2nc(C)c(Cc3ccc(F)cc3)s2)c1. The third-order valence-electron chi connectivity index (χ3n) is 4.83. The maximum absolute atomic E-state index is 13.1. The summed E-state index contributed by atoms with van der Waals surface area (Å²) < 4.78 is 39.9. The van der Waals surface area contributed by atoms with Gasteiger partial charge in [-0.3, -0.25) is 10.1 Å². The topological polar surface area (TPSA) is 79.4 Å². The van der Waals surface area contributed by atoms with E-state index in [1.165, 1.54) is 39.9 Å². The van der Waals surface area contributed by atoms with Gasteiger partial charge in [-0.15, -0.1) is 11.3 Å².